The molecule has 0 aliphatic carbocycles. The Morgan fingerprint density at radius 1 is 1.42 bits per heavy atom. The highest BCUT2D eigenvalue weighted by atomic mass is 19.1. The van der Waals surface area contributed by atoms with Crippen LogP contribution in [0.1, 0.15) is 32.4 Å². The van der Waals surface area contributed by atoms with Crippen LogP contribution >= 0.6 is 0 Å². The quantitative estimate of drug-likeness (QED) is 0.889. The Hall–Kier alpha value is -1.69. The molecule has 4 nitrogen and oxygen atoms in total. The van der Waals surface area contributed by atoms with Crippen molar-refractivity contribution in [3.05, 3.63) is 35.4 Å². The van der Waals surface area contributed by atoms with Crippen LogP contribution in [0.4, 0.5) is 13.6 Å². The molecule has 0 fully saturated rings. The van der Waals surface area contributed by atoms with Gasteiger partial charge in [0.05, 0.1) is 12.6 Å². The third kappa shape index (κ3) is 4.82. The number of hydrogen-bond donors (Lipinski definition) is 2. The van der Waals surface area contributed by atoms with E-state index in [1.54, 1.807) is 20.8 Å². The predicted molar refractivity (Wildman–Crippen MR) is 65.6 cm³/mol. The SMILES string of the molecule is CC(C)(C)OC(=O)N[C@H](CO)c1ccc(F)cc1F. The van der Waals surface area contributed by atoms with E-state index < -0.39 is 36.0 Å². The summed E-state index contributed by atoms with van der Waals surface area (Å²) in [5.41, 5.74) is -0.708. The van der Waals surface area contributed by atoms with Crippen LogP contribution in [-0.2, 0) is 4.74 Å². The molecular weight excluding hydrogens is 256 g/mol. The molecule has 0 radical (unpaired) electrons. The van der Waals surface area contributed by atoms with Crippen LogP contribution in [0.3, 0.4) is 0 Å². The van der Waals surface area contributed by atoms with E-state index in [0.717, 1.165) is 6.07 Å². The molecule has 1 rings (SSSR count). The topological polar surface area (TPSA) is 58.6 Å². The smallest absolute Gasteiger partial charge is 0.408 e. The van der Waals surface area contributed by atoms with Crippen LogP contribution in [0.2, 0.25) is 0 Å². The molecule has 0 heterocycles. The van der Waals surface area contributed by atoms with E-state index in [-0.39, 0.29) is 5.56 Å². The lowest BCUT2D eigenvalue weighted by Gasteiger charge is -2.23. The van der Waals surface area contributed by atoms with Gasteiger partial charge in [0, 0.05) is 11.6 Å². The molecule has 0 bridgehead atoms. The van der Waals surface area contributed by atoms with Crippen LogP contribution in [0, 0.1) is 11.6 Å². The largest absolute Gasteiger partial charge is 0.444 e. The van der Waals surface area contributed by atoms with Gasteiger partial charge < -0.3 is 15.2 Å². The molecular formula is C13H17F2NO3. The van der Waals surface area contributed by atoms with Crippen molar-refractivity contribution in [2.75, 3.05) is 6.61 Å². The van der Waals surface area contributed by atoms with Gasteiger partial charge in [0.15, 0.2) is 0 Å². The summed E-state index contributed by atoms with van der Waals surface area (Å²) in [4.78, 5) is 11.5. The zero-order valence-corrected chi connectivity index (χ0v) is 11.0. The van der Waals surface area contributed by atoms with E-state index in [4.69, 9.17) is 4.74 Å². The van der Waals surface area contributed by atoms with Gasteiger partial charge in [-0.1, -0.05) is 6.07 Å². The van der Waals surface area contributed by atoms with E-state index in [1.165, 1.54) is 6.07 Å². The average Bonchev–Trinajstić information content (AvgIpc) is 2.24. The Balaban J connectivity index is 2.81. The number of amides is 1. The molecule has 0 aliphatic rings. The second-order valence-electron chi connectivity index (χ2n) is 5.05. The van der Waals surface area contributed by atoms with E-state index in [0.29, 0.717) is 6.07 Å². The second kappa shape index (κ2) is 5.97. The number of aliphatic hydroxyl groups is 1. The number of ether oxygens (including phenoxy) is 1. The highest BCUT2D eigenvalue weighted by Crippen LogP contribution is 2.18. The van der Waals surface area contributed by atoms with Gasteiger partial charge in [-0.25, -0.2) is 13.6 Å². The number of alkyl carbamates (subject to hydrolysis) is 1. The lowest BCUT2D eigenvalue weighted by Crippen LogP contribution is -2.36. The summed E-state index contributed by atoms with van der Waals surface area (Å²) in [5.74, 6) is -1.56. The number of rotatable bonds is 3. The first-order chi connectivity index (χ1) is 8.73. The van der Waals surface area contributed by atoms with Gasteiger partial charge >= 0.3 is 6.09 Å². The Morgan fingerprint density at radius 3 is 2.53 bits per heavy atom. The van der Waals surface area contributed by atoms with Gasteiger partial charge in [0.25, 0.3) is 0 Å². The summed E-state index contributed by atoms with van der Waals surface area (Å²) in [6, 6.07) is 1.92. The Kier molecular flexibility index (Phi) is 4.83. The standard InChI is InChI=1S/C13H17F2NO3/c1-13(2,3)19-12(18)16-11(7-17)9-5-4-8(14)6-10(9)15/h4-6,11,17H,7H2,1-3H3,(H,16,18)/t11-/m1/s1. The molecule has 0 saturated heterocycles. The summed E-state index contributed by atoms with van der Waals surface area (Å²) >= 11 is 0. The number of carbonyl (C=O) groups is 1. The summed E-state index contributed by atoms with van der Waals surface area (Å²) in [7, 11) is 0. The van der Waals surface area contributed by atoms with Crippen molar-refractivity contribution < 1.29 is 23.4 Å². The molecule has 0 aliphatic heterocycles. The van der Waals surface area contributed by atoms with Crippen LogP contribution in [0.5, 0.6) is 0 Å². The highest BCUT2D eigenvalue weighted by Gasteiger charge is 2.22. The summed E-state index contributed by atoms with van der Waals surface area (Å²) < 4.78 is 31.3. The molecule has 2 N–H and O–H groups in total. The Labute approximate surface area is 110 Å². The zero-order chi connectivity index (χ0) is 14.6. The molecule has 1 atom stereocenters. The van der Waals surface area contributed by atoms with Gasteiger partial charge in [0.1, 0.15) is 17.2 Å². The number of nitrogens with one attached hydrogen (secondary N) is 1. The first kappa shape index (κ1) is 15.4. The molecule has 1 aromatic carbocycles. The van der Waals surface area contributed by atoms with Crippen LogP contribution in [0.25, 0.3) is 0 Å². The first-order valence-corrected chi connectivity index (χ1v) is 5.78. The lowest BCUT2D eigenvalue weighted by atomic mass is 10.1. The number of aliphatic hydroxyl groups excluding tert-OH is 1. The minimum absolute atomic E-state index is 0.00485. The summed E-state index contributed by atoms with van der Waals surface area (Å²) in [5, 5.41) is 11.5. The molecule has 106 valence electrons. The molecule has 0 saturated carbocycles. The van der Waals surface area contributed by atoms with Crippen molar-refractivity contribution in [3.8, 4) is 0 Å². The number of benzene rings is 1. The van der Waals surface area contributed by atoms with Crippen LogP contribution in [0.15, 0.2) is 18.2 Å². The molecule has 0 aromatic heterocycles. The first-order valence-electron chi connectivity index (χ1n) is 5.78. The van der Waals surface area contributed by atoms with E-state index in [1.807, 2.05) is 0 Å². The fraction of sp³-hybridized carbons (Fsp3) is 0.462. The lowest BCUT2D eigenvalue weighted by molar-refractivity contribution is 0.0480. The van der Waals surface area contributed by atoms with E-state index in [2.05, 4.69) is 5.32 Å². The summed E-state index contributed by atoms with van der Waals surface area (Å²) in [6.07, 6.45) is -0.782. The fourth-order valence-electron chi connectivity index (χ4n) is 1.46. The minimum Gasteiger partial charge on any atom is -0.444 e. The highest BCUT2D eigenvalue weighted by molar-refractivity contribution is 5.68. The van der Waals surface area contributed by atoms with Crippen molar-refractivity contribution in [2.45, 2.75) is 32.4 Å². The molecule has 19 heavy (non-hydrogen) atoms. The van der Waals surface area contributed by atoms with Crippen molar-refractivity contribution >= 4 is 6.09 Å². The number of halogens is 2. The molecule has 0 spiro atoms. The zero-order valence-electron chi connectivity index (χ0n) is 11.0. The van der Waals surface area contributed by atoms with E-state index >= 15 is 0 Å². The third-order valence-corrected chi connectivity index (χ3v) is 2.21. The number of carbonyl (C=O) groups excluding carboxylic acids is 1. The minimum atomic E-state index is -0.990. The molecule has 1 aromatic rings. The van der Waals surface area contributed by atoms with Gasteiger partial charge in [0.2, 0.25) is 0 Å². The fourth-order valence-corrected chi connectivity index (χ4v) is 1.46. The number of hydrogen-bond acceptors (Lipinski definition) is 3. The monoisotopic (exact) mass is 273 g/mol. The Bertz CT molecular complexity index is 458. The molecule has 1 amide bonds. The van der Waals surface area contributed by atoms with Crippen molar-refractivity contribution in [2.24, 2.45) is 0 Å². The van der Waals surface area contributed by atoms with Gasteiger partial charge in [-0.3, -0.25) is 0 Å². The normalized spacial score (nSPS) is 12.9. The van der Waals surface area contributed by atoms with Gasteiger partial charge in [-0.2, -0.15) is 0 Å². The van der Waals surface area contributed by atoms with E-state index in [9.17, 15) is 18.7 Å². The van der Waals surface area contributed by atoms with Crippen molar-refractivity contribution in [1.29, 1.82) is 0 Å². The molecule has 6 heteroatoms. The van der Waals surface area contributed by atoms with Crippen molar-refractivity contribution in [1.82, 2.24) is 5.32 Å². The maximum atomic E-state index is 13.5. The predicted octanol–water partition coefficient (Wildman–Crippen LogP) is 2.52. The average molecular weight is 273 g/mol. The summed E-state index contributed by atoms with van der Waals surface area (Å²) in [6.45, 7) is 4.51. The second-order valence-corrected chi connectivity index (χ2v) is 5.05. The molecule has 0 unspecified atom stereocenters. The third-order valence-electron chi connectivity index (χ3n) is 2.21. The van der Waals surface area contributed by atoms with Crippen LogP contribution in [-0.4, -0.2) is 23.4 Å². The Morgan fingerprint density at radius 2 is 2.05 bits per heavy atom. The van der Waals surface area contributed by atoms with Gasteiger partial charge in [-0.05, 0) is 26.8 Å². The van der Waals surface area contributed by atoms with Crippen molar-refractivity contribution in [3.63, 3.8) is 0 Å². The van der Waals surface area contributed by atoms with Crippen LogP contribution < -0.4 is 5.32 Å². The van der Waals surface area contributed by atoms with Gasteiger partial charge in [-0.15, -0.1) is 0 Å². The maximum absolute atomic E-state index is 13.5. The maximum Gasteiger partial charge on any atom is 0.408 e.